The fourth-order valence-electron chi connectivity index (χ4n) is 3.74. The maximum absolute atomic E-state index is 12.5. The molecule has 0 spiro atoms. The van der Waals surface area contributed by atoms with E-state index in [4.69, 9.17) is 0 Å². The molecule has 1 saturated carbocycles. The Kier molecular flexibility index (Phi) is 4.30. The number of fused-ring (bicyclic) bond motifs is 1. The molecule has 0 amide bonds. The second-order valence-corrected chi connectivity index (χ2v) is 6.96. The summed E-state index contributed by atoms with van der Waals surface area (Å²) in [4.78, 5) is 17.0. The van der Waals surface area contributed by atoms with E-state index in [9.17, 15) is 4.79 Å². The van der Waals surface area contributed by atoms with Gasteiger partial charge in [0.1, 0.15) is 5.78 Å². The molecule has 0 aliphatic heterocycles. The highest BCUT2D eigenvalue weighted by atomic mass is 16.1. The molecule has 4 rings (SSSR count). The van der Waals surface area contributed by atoms with Gasteiger partial charge >= 0.3 is 0 Å². The molecule has 0 radical (unpaired) electrons. The molecule has 1 aliphatic rings. The average molecular weight is 334 g/mol. The van der Waals surface area contributed by atoms with Crippen molar-refractivity contribution >= 4 is 16.6 Å². The molecule has 0 N–H and O–H groups in total. The van der Waals surface area contributed by atoms with Crippen LogP contribution in [0.5, 0.6) is 0 Å². The molecule has 3 aromatic rings. The summed E-state index contributed by atoms with van der Waals surface area (Å²) in [5.74, 6) is 0.580. The van der Waals surface area contributed by atoms with E-state index in [-0.39, 0.29) is 5.92 Å². The summed E-state index contributed by atoms with van der Waals surface area (Å²) >= 11 is 0. The first-order valence-electron chi connectivity index (χ1n) is 8.97. The largest absolute Gasteiger partial charge is 0.299 e. The summed E-state index contributed by atoms with van der Waals surface area (Å²) in [6.07, 6.45) is 9.79. The van der Waals surface area contributed by atoms with Gasteiger partial charge in [0.05, 0.1) is 11.9 Å². The van der Waals surface area contributed by atoms with Crippen LogP contribution < -0.4 is 0 Å². The van der Waals surface area contributed by atoms with Gasteiger partial charge in [-0.05, 0) is 30.4 Å². The number of aromatic nitrogens is 4. The molecule has 5 nitrogen and oxygen atoms in total. The molecule has 2 aromatic heterocycles. The van der Waals surface area contributed by atoms with Gasteiger partial charge in [-0.25, -0.2) is 4.68 Å². The smallest absolute Gasteiger partial charge is 0.141 e. The number of carbonyl (C=O) groups is 1. The van der Waals surface area contributed by atoms with E-state index < -0.39 is 0 Å². The summed E-state index contributed by atoms with van der Waals surface area (Å²) in [7, 11) is 1.88. The van der Waals surface area contributed by atoms with Crippen LogP contribution in [0.25, 0.3) is 22.0 Å². The number of nitrogens with zero attached hydrogens (tertiary/aromatic N) is 4. The number of benzene rings is 1. The number of Topliss-reactive ketones (excluding diaryl/α,β-unsaturated/α-hetero) is 1. The summed E-state index contributed by atoms with van der Waals surface area (Å²) < 4.78 is 1.76. The highest BCUT2D eigenvalue weighted by Crippen LogP contribution is 2.27. The Morgan fingerprint density at radius 2 is 1.96 bits per heavy atom. The van der Waals surface area contributed by atoms with Gasteiger partial charge in [0.15, 0.2) is 0 Å². The zero-order chi connectivity index (χ0) is 17.2. The maximum atomic E-state index is 12.5. The Hall–Kier alpha value is -2.56. The Morgan fingerprint density at radius 1 is 1.12 bits per heavy atom. The van der Waals surface area contributed by atoms with Crippen molar-refractivity contribution in [2.24, 2.45) is 13.0 Å². The summed E-state index contributed by atoms with van der Waals surface area (Å²) in [5, 5.41) is 10.1. The lowest BCUT2D eigenvalue weighted by Crippen LogP contribution is -2.19. The second-order valence-electron chi connectivity index (χ2n) is 6.96. The SMILES string of the molecule is Cn1nncc1-c1ccc2cnc(CC(=O)C3CCCCC3)cc2c1. The van der Waals surface area contributed by atoms with Crippen molar-refractivity contribution < 1.29 is 4.79 Å². The molecule has 0 bridgehead atoms. The van der Waals surface area contributed by atoms with Gasteiger partial charge in [0.2, 0.25) is 0 Å². The van der Waals surface area contributed by atoms with Crippen molar-refractivity contribution in [3.8, 4) is 11.3 Å². The fourth-order valence-corrected chi connectivity index (χ4v) is 3.74. The first kappa shape index (κ1) is 15.9. The van der Waals surface area contributed by atoms with Crippen LogP contribution in [0.4, 0.5) is 0 Å². The Morgan fingerprint density at radius 3 is 2.72 bits per heavy atom. The molecule has 0 atom stereocenters. The molecule has 0 unspecified atom stereocenters. The van der Waals surface area contributed by atoms with Crippen molar-refractivity contribution in [3.63, 3.8) is 0 Å². The molecule has 1 aliphatic carbocycles. The van der Waals surface area contributed by atoms with Crippen molar-refractivity contribution in [3.05, 3.63) is 42.4 Å². The van der Waals surface area contributed by atoms with Crippen LogP contribution in [-0.2, 0) is 18.3 Å². The summed E-state index contributed by atoms with van der Waals surface area (Å²) in [6.45, 7) is 0. The van der Waals surface area contributed by atoms with Gasteiger partial charge in [-0.2, -0.15) is 0 Å². The summed E-state index contributed by atoms with van der Waals surface area (Å²) in [5.41, 5.74) is 2.90. The van der Waals surface area contributed by atoms with Crippen molar-refractivity contribution in [2.75, 3.05) is 0 Å². The number of hydrogen-bond acceptors (Lipinski definition) is 4. The van der Waals surface area contributed by atoms with Crippen molar-refractivity contribution in [1.82, 2.24) is 20.0 Å². The van der Waals surface area contributed by atoms with Gasteiger partial charge in [0.25, 0.3) is 0 Å². The number of rotatable bonds is 4. The van der Waals surface area contributed by atoms with E-state index in [0.29, 0.717) is 12.2 Å². The monoisotopic (exact) mass is 334 g/mol. The number of carbonyl (C=O) groups excluding carboxylic acids is 1. The highest BCUT2D eigenvalue weighted by Gasteiger charge is 2.21. The quantitative estimate of drug-likeness (QED) is 0.729. The van der Waals surface area contributed by atoms with Gasteiger partial charge < -0.3 is 0 Å². The fraction of sp³-hybridized carbons (Fsp3) is 0.400. The molecular formula is C20H22N4O. The highest BCUT2D eigenvalue weighted by molar-refractivity contribution is 5.88. The standard InChI is InChI=1S/C20H22N4O/c1-24-19(13-22-23-24)15-7-8-16-12-21-18(10-17(16)9-15)11-20(25)14-5-3-2-4-6-14/h7-10,12-14H,2-6,11H2,1H3. The topological polar surface area (TPSA) is 60.7 Å². The minimum absolute atomic E-state index is 0.234. The van der Waals surface area contributed by atoms with E-state index in [1.165, 1.54) is 19.3 Å². The van der Waals surface area contributed by atoms with Gasteiger partial charge in [-0.1, -0.05) is 36.6 Å². The Bertz CT molecular complexity index is 909. The Balaban J connectivity index is 1.60. The molecular weight excluding hydrogens is 312 g/mol. The Labute approximate surface area is 147 Å². The molecule has 1 aromatic carbocycles. The van der Waals surface area contributed by atoms with Crippen LogP contribution in [-0.4, -0.2) is 25.8 Å². The van der Waals surface area contributed by atoms with Gasteiger partial charge in [-0.3, -0.25) is 9.78 Å². The van der Waals surface area contributed by atoms with Crippen LogP contribution in [0.2, 0.25) is 0 Å². The third kappa shape index (κ3) is 3.31. The van der Waals surface area contributed by atoms with Crippen molar-refractivity contribution in [1.29, 1.82) is 0 Å². The first-order chi connectivity index (χ1) is 12.2. The minimum atomic E-state index is 0.234. The predicted octanol–water partition coefficient (Wildman–Crippen LogP) is 3.72. The second kappa shape index (κ2) is 6.75. The van der Waals surface area contributed by atoms with E-state index in [2.05, 4.69) is 33.5 Å². The lowest BCUT2D eigenvalue weighted by molar-refractivity contribution is -0.123. The normalized spacial score (nSPS) is 15.6. The van der Waals surface area contributed by atoms with E-state index in [1.54, 1.807) is 10.9 Å². The van der Waals surface area contributed by atoms with Crippen LogP contribution in [0.15, 0.2) is 36.7 Å². The van der Waals surface area contributed by atoms with E-state index in [0.717, 1.165) is 40.6 Å². The zero-order valence-electron chi connectivity index (χ0n) is 14.5. The van der Waals surface area contributed by atoms with Crippen LogP contribution in [0, 0.1) is 5.92 Å². The van der Waals surface area contributed by atoms with E-state index in [1.807, 2.05) is 19.3 Å². The predicted molar refractivity (Wildman–Crippen MR) is 97.0 cm³/mol. The molecule has 0 saturated heterocycles. The zero-order valence-corrected chi connectivity index (χ0v) is 14.5. The van der Waals surface area contributed by atoms with Crippen molar-refractivity contribution in [2.45, 2.75) is 38.5 Å². The lowest BCUT2D eigenvalue weighted by atomic mass is 9.85. The van der Waals surface area contributed by atoms with Gasteiger partial charge in [-0.15, -0.1) is 5.10 Å². The number of ketones is 1. The van der Waals surface area contributed by atoms with Crippen LogP contribution in [0.1, 0.15) is 37.8 Å². The molecule has 128 valence electrons. The number of aryl methyl sites for hydroxylation is 1. The number of pyridine rings is 1. The minimum Gasteiger partial charge on any atom is -0.299 e. The molecule has 25 heavy (non-hydrogen) atoms. The number of hydrogen-bond donors (Lipinski definition) is 0. The summed E-state index contributed by atoms with van der Waals surface area (Å²) in [6, 6.07) is 8.26. The first-order valence-corrected chi connectivity index (χ1v) is 8.97. The molecule has 2 heterocycles. The van der Waals surface area contributed by atoms with Crippen LogP contribution in [0.3, 0.4) is 0 Å². The lowest BCUT2D eigenvalue weighted by Gasteiger charge is -2.20. The molecule has 1 fully saturated rings. The van der Waals surface area contributed by atoms with Crippen LogP contribution >= 0.6 is 0 Å². The van der Waals surface area contributed by atoms with Gasteiger partial charge in [0, 0.05) is 42.2 Å². The maximum Gasteiger partial charge on any atom is 0.141 e. The molecule has 5 heteroatoms. The average Bonchev–Trinajstić information content (AvgIpc) is 3.08. The third-order valence-electron chi connectivity index (χ3n) is 5.20. The third-order valence-corrected chi connectivity index (χ3v) is 5.20. The van der Waals surface area contributed by atoms with E-state index >= 15 is 0 Å².